The van der Waals surface area contributed by atoms with E-state index in [0.717, 1.165) is 4.92 Å². The Morgan fingerprint density at radius 3 is 3.06 bits per heavy atom. The monoisotopic (exact) mass is 227 g/mol. The predicted molar refractivity (Wildman–Crippen MR) is 58.4 cm³/mol. The number of hydrogen-bond donors (Lipinski definition) is 2. The molecule has 17 heavy (non-hydrogen) atoms. The number of hydrazine groups is 1. The van der Waals surface area contributed by atoms with E-state index >= 15 is 0 Å². The molecule has 0 aliphatic carbocycles. The zero-order valence-electron chi connectivity index (χ0n) is 8.80. The van der Waals surface area contributed by atoms with Crippen molar-refractivity contribution in [2.24, 2.45) is 0 Å². The number of carbonyl (C=O) groups is 1. The molecule has 8 nitrogen and oxygen atoms in total. The first-order valence-electron chi connectivity index (χ1n) is 4.55. The molecule has 2 rings (SSSR count). The Morgan fingerprint density at radius 1 is 1.65 bits per heavy atom. The minimum atomic E-state index is -0.364. The number of rotatable bonds is 2. The van der Waals surface area contributed by atoms with Gasteiger partial charge in [-0.1, -0.05) is 0 Å². The summed E-state index contributed by atoms with van der Waals surface area (Å²) < 4.78 is 0. The summed E-state index contributed by atoms with van der Waals surface area (Å²) in [5.74, 6) is -0.281. The van der Waals surface area contributed by atoms with E-state index in [1.165, 1.54) is 13.3 Å². The summed E-state index contributed by atoms with van der Waals surface area (Å²) in [6, 6.07) is 1.79. The van der Waals surface area contributed by atoms with Gasteiger partial charge >= 0.3 is 0 Å². The van der Waals surface area contributed by atoms with Crippen LogP contribution in [0.3, 0.4) is 0 Å². The summed E-state index contributed by atoms with van der Waals surface area (Å²) >= 11 is 0. The van der Waals surface area contributed by atoms with E-state index in [1.54, 1.807) is 6.07 Å². The smallest absolute Gasteiger partial charge is 0.264 e. The highest BCUT2D eigenvalue weighted by atomic mass is 16.2. The molecule has 2 N–H and O–H groups in total. The fourth-order valence-corrected chi connectivity index (χ4v) is 1.26. The quantitative estimate of drug-likeness (QED) is 0.511. The van der Waals surface area contributed by atoms with Crippen LogP contribution >= 0.6 is 0 Å². The standard InChI is InChI=1S/C8H6BN7O/c1-4(17)15-16(9)8-6-7(12-3-11-6)13-5(2-10)14-8/h3H,1H3,(H,15,17)(H,11,12,13,14). The van der Waals surface area contributed by atoms with Crippen molar-refractivity contribution >= 4 is 30.9 Å². The van der Waals surface area contributed by atoms with Crippen LogP contribution in [0, 0.1) is 11.3 Å². The zero-order chi connectivity index (χ0) is 12.4. The highest BCUT2D eigenvalue weighted by molar-refractivity contribution is 6.19. The molecular formula is C8H6BN7O. The Labute approximate surface area is 97.1 Å². The van der Waals surface area contributed by atoms with Gasteiger partial charge in [-0.15, -0.1) is 0 Å². The van der Waals surface area contributed by atoms with Crippen molar-refractivity contribution in [2.45, 2.75) is 6.92 Å². The summed E-state index contributed by atoms with van der Waals surface area (Å²) in [6.45, 7) is 1.30. The normalized spacial score (nSPS) is 9.88. The molecule has 0 aliphatic rings. The molecule has 1 amide bonds. The number of fused-ring (bicyclic) bond motifs is 1. The maximum absolute atomic E-state index is 10.9. The lowest BCUT2D eigenvalue weighted by atomic mass is 10.3. The molecule has 0 aliphatic heterocycles. The molecule has 2 aromatic rings. The van der Waals surface area contributed by atoms with E-state index in [9.17, 15) is 4.79 Å². The number of anilines is 1. The SMILES string of the molecule is [B]N(NC(C)=O)c1nc(C#N)nc2nc[nH]c12. The second-order valence-electron chi connectivity index (χ2n) is 3.12. The zero-order valence-corrected chi connectivity index (χ0v) is 8.80. The van der Waals surface area contributed by atoms with Crippen LogP contribution in [0.1, 0.15) is 12.7 Å². The fraction of sp³-hybridized carbons (Fsp3) is 0.125. The lowest BCUT2D eigenvalue weighted by Gasteiger charge is -2.19. The summed E-state index contributed by atoms with van der Waals surface area (Å²) in [7, 11) is 5.60. The van der Waals surface area contributed by atoms with E-state index < -0.39 is 0 Å². The van der Waals surface area contributed by atoms with E-state index in [4.69, 9.17) is 13.2 Å². The minimum Gasteiger partial charge on any atom is -0.340 e. The van der Waals surface area contributed by atoms with E-state index in [0.29, 0.717) is 11.2 Å². The van der Waals surface area contributed by atoms with Crippen molar-refractivity contribution in [1.29, 1.82) is 5.26 Å². The Hall–Kier alpha value is -2.63. The maximum atomic E-state index is 10.9. The average molecular weight is 227 g/mol. The summed E-state index contributed by atoms with van der Waals surface area (Å²) in [6.07, 6.45) is 1.39. The number of hydrogen-bond acceptors (Lipinski definition) is 6. The first-order chi connectivity index (χ1) is 8.11. The molecule has 0 fully saturated rings. The number of carbonyl (C=O) groups excluding carboxylic acids is 1. The van der Waals surface area contributed by atoms with Crippen LogP contribution in [-0.2, 0) is 4.79 Å². The van der Waals surface area contributed by atoms with Gasteiger partial charge in [0.15, 0.2) is 11.5 Å². The van der Waals surface area contributed by atoms with Gasteiger partial charge in [-0.3, -0.25) is 10.2 Å². The highest BCUT2D eigenvalue weighted by Gasteiger charge is 2.13. The van der Waals surface area contributed by atoms with Gasteiger partial charge in [-0.05, 0) is 0 Å². The largest absolute Gasteiger partial charge is 0.340 e. The van der Waals surface area contributed by atoms with E-state index in [1.807, 2.05) is 0 Å². The number of imidazole rings is 1. The summed E-state index contributed by atoms with van der Waals surface area (Å²) in [4.78, 5) is 26.2. The van der Waals surface area contributed by atoms with Gasteiger partial charge in [0, 0.05) is 6.92 Å². The topological polar surface area (TPSA) is 111 Å². The molecule has 0 aromatic carbocycles. The number of aromatic amines is 1. The summed E-state index contributed by atoms with van der Waals surface area (Å²) in [5, 5.41) is 8.76. The van der Waals surface area contributed by atoms with Crippen LogP contribution in [0.4, 0.5) is 5.82 Å². The van der Waals surface area contributed by atoms with Gasteiger partial charge in [-0.2, -0.15) is 15.2 Å². The average Bonchev–Trinajstić information content (AvgIpc) is 2.74. The fourth-order valence-electron chi connectivity index (χ4n) is 1.26. The van der Waals surface area contributed by atoms with Crippen LogP contribution < -0.4 is 10.3 Å². The third kappa shape index (κ3) is 2.01. The molecule has 0 bridgehead atoms. The van der Waals surface area contributed by atoms with Crippen molar-refractivity contribution in [1.82, 2.24) is 25.4 Å². The van der Waals surface area contributed by atoms with Gasteiger partial charge in [0.05, 0.1) is 6.33 Å². The molecule has 82 valence electrons. The van der Waals surface area contributed by atoms with Gasteiger partial charge in [0.1, 0.15) is 11.6 Å². The highest BCUT2D eigenvalue weighted by Crippen LogP contribution is 2.17. The van der Waals surface area contributed by atoms with Gasteiger partial charge in [0.2, 0.25) is 11.7 Å². The third-order valence-electron chi connectivity index (χ3n) is 1.87. The van der Waals surface area contributed by atoms with Crippen LogP contribution in [0.15, 0.2) is 6.33 Å². The third-order valence-corrected chi connectivity index (χ3v) is 1.87. The second kappa shape index (κ2) is 4.09. The molecule has 2 heterocycles. The number of nitrogens with zero attached hydrogens (tertiary/aromatic N) is 5. The van der Waals surface area contributed by atoms with Crippen LogP contribution in [0.25, 0.3) is 11.2 Å². The number of H-pyrrole nitrogens is 1. The summed E-state index contributed by atoms with van der Waals surface area (Å²) in [5.41, 5.74) is 3.05. The molecule has 9 heteroatoms. The molecule has 2 aromatic heterocycles. The number of nitrogens with one attached hydrogen (secondary N) is 2. The molecule has 2 radical (unpaired) electrons. The molecule has 0 atom stereocenters. The van der Waals surface area contributed by atoms with Crippen LogP contribution in [0.5, 0.6) is 0 Å². The van der Waals surface area contributed by atoms with Gasteiger partial charge in [0.25, 0.3) is 7.98 Å². The van der Waals surface area contributed by atoms with Gasteiger partial charge in [-0.25, -0.2) is 4.98 Å². The first kappa shape index (κ1) is 10.9. The van der Waals surface area contributed by atoms with Crippen molar-refractivity contribution < 1.29 is 4.79 Å². The molecule has 0 unspecified atom stereocenters. The number of amides is 1. The van der Waals surface area contributed by atoms with Crippen LogP contribution in [-0.4, -0.2) is 33.8 Å². The molecular weight excluding hydrogens is 221 g/mol. The molecule has 0 saturated carbocycles. The van der Waals surface area contributed by atoms with E-state index in [2.05, 4.69) is 25.4 Å². The van der Waals surface area contributed by atoms with Gasteiger partial charge < -0.3 is 9.90 Å². The maximum Gasteiger partial charge on any atom is 0.264 e. The molecule has 0 saturated heterocycles. The van der Waals surface area contributed by atoms with Crippen molar-refractivity contribution in [3.8, 4) is 6.07 Å². The van der Waals surface area contributed by atoms with Crippen molar-refractivity contribution in [3.05, 3.63) is 12.2 Å². The van der Waals surface area contributed by atoms with Crippen molar-refractivity contribution in [3.63, 3.8) is 0 Å². The lowest BCUT2D eigenvalue weighted by Crippen LogP contribution is -2.40. The minimum absolute atomic E-state index is 0.0830. The van der Waals surface area contributed by atoms with E-state index in [-0.39, 0.29) is 17.5 Å². The molecule has 0 spiro atoms. The predicted octanol–water partition coefficient (Wildman–Crippen LogP) is -0.834. The Kier molecular flexibility index (Phi) is 2.62. The lowest BCUT2D eigenvalue weighted by molar-refractivity contribution is -0.118. The van der Waals surface area contributed by atoms with Crippen LogP contribution in [0.2, 0.25) is 0 Å². The first-order valence-corrected chi connectivity index (χ1v) is 4.55. The Bertz CT molecular complexity index is 616. The number of aromatic nitrogens is 4. The second-order valence-corrected chi connectivity index (χ2v) is 3.12. The Balaban J connectivity index is 2.54. The number of nitriles is 1. The van der Waals surface area contributed by atoms with Crippen molar-refractivity contribution in [2.75, 3.05) is 4.92 Å². The Morgan fingerprint density at radius 2 is 2.41 bits per heavy atom.